The van der Waals surface area contributed by atoms with Gasteiger partial charge >= 0.3 is 0 Å². The smallest absolute Gasteiger partial charge is 0.234 e. The van der Waals surface area contributed by atoms with Crippen LogP contribution in [0.1, 0.15) is 16.9 Å². The molecule has 0 bridgehead atoms. The minimum Gasteiger partial charge on any atom is -0.351 e. The summed E-state index contributed by atoms with van der Waals surface area (Å²) in [5, 5.41) is 12.9. The molecular weight excluding hydrogens is 184 g/mol. The van der Waals surface area contributed by atoms with E-state index in [9.17, 15) is 4.79 Å². The first-order chi connectivity index (χ1) is 6.22. The van der Waals surface area contributed by atoms with Crippen molar-refractivity contribution in [2.24, 2.45) is 0 Å². The Bertz CT molecular complexity index is 338. The average molecular weight is 194 g/mol. The fourth-order valence-electron chi connectivity index (χ4n) is 0.925. The van der Waals surface area contributed by atoms with Crippen molar-refractivity contribution < 1.29 is 4.79 Å². The second kappa shape index (κ2) is 4.63. The molecule has 0 aromatic carbocycles. The van der Waals surface area contributed by atoms with Gasteiger partial charge in [-0.05, 0) is 23.9 Å². The van der Waals surface area contributed by atoms with E-state index in [1.807, 2.05) is 18.4 Å². The number of nitriles is 1. The topological polar surface area (TPSA) is 52.9 Å². The Hall–Kier alpha value is -1.34. The summed E-state index contributed by atoms with van der Waals surface area (Å²) in [6.07, 6.45) is -0.0663. The summed E-state index contributed by atoms with van der Waals surface area (Å²) in [4.78, 5) is 12.1. The molecule has 0 aliphatic rings. The van der Waals surface area contributed by atoms with Crippen LogP contribution in [0.15, 0.2) is 11.4 Å². The molecule has 0 fully saturated rings. The molecule has 0 aliphatic heterocycles. The molecule has 68 valence electrons. The Balaban J connectivity index is 2.36. The van der Waals surface area contributed by atoms with E-state index >= 15 is 0 Å². The van der Waals surface area contributed by atoms with Gasteiger partial charge in [-0.2, -0.15) is 5.26 Å². The standard InChI is InChI=1S/C9H10N2OS/c1-7-4-8(6-13-7)5-11-9(12)2-3-10/h4,6H,2,5H2,1H3,(H,11,12). The van der Waals surface area contributed by atoms with Crippen LogP contribution in [-0.2, 0) is 11.3 Å². The van der Waals surface area contributed by atoms with Gasteiger partial charge in [-0.3, -0.25) is 4.79 Å². The Labute approximate surface area is 81.0 Å². The highest BCUT2D eigenvalue weighted by Gasteiger charge is 2.00. The van der Waals surface area contributed by atoms with E-state index in [0.717, 1.165) is 5.56 Å². The van der Waals surface area contributed by atoms with Crippen LogP contribution in [0.2, 0.25) is 0 Å². The summed E-state index contributed by atoms with van der Waals surface area (Å²) < 4.78 is 0. The molecule has 0 spiro atoms. The zero-order chi connectivity index (χ0) is 9.68. The second-order valence-corrected chi connectivity index (χ2v) is 3.79. The molecule has 13 heavy (non-hydrogen) atoms. The molecule has 1 aromatic heterocycles. The summed E-state index contributed by atoms with van der Waals surface area (Å²) in [6, 6.07) is 3.82. The van der Waals surface area contributed by atoms with Crippen molar-refractivity contribution in [3.63, 3.8) is 0 Å². The minimum absolute atomic E-state index is 0.0663. The van der Waals surface area contributed by atoms with E-state index in [1.165, 1.54) is 4.88 Å². The highest BCUT2D eigenvalue weighted by Crippen LogP contribution is 2.12. The van der Waals surface area contributed by atoms with Crippen LogP contribution in [0.5, 0.6) is 0 Å². The first-order valence-electron chi connectivity index (χ1n) is 3.90. The molecule has 1 heterocycles. The third-order valence-electron chi connectivity index (χ3n) is 1.51. The lowest BCUT2D eigenvalue weighted by atomic mass is 10.3. The molecule has 1 N–H and O–H groups in total. The number of hydrogen-bond acceptors (Lipinski definition) is 3. The van der Waals surface area contributed by atoms with Gasteiger partial charge < -0.3 is 5.32 Å². The largest absolute Gasteiger partial charge is 0.351 e. The maximum atomic E-state index is 10.9. The third kappa shape index (κ3) is 3.26. The van der Waals surface area contributed by atoms with Crippen LogP contribution in [0.25, 0.3) is 0 Å². The second-order valence-electron chi connectivity index (χ2n) is 2.68. The quantitative estimate of drug-likeness (QED) is 0.794. The summed E-state index contributed by atoms with van der Waals surface area (Å²) in [5.41, 5.74) is 1.09. The number of hydrogen-bond donors (Lipinski definition) is 1. The van der Waals surface area contributed by atoms with E-state index in [-0.39, 0.29) is 12.3 Å². The van der Waals surface area contributed by atoms with Crippen LogP contribution in [0, 0.1) is 18.3 Å². The third-order valence-corrected chi connectivity index (χ3v) is 2.42. The molecule has 0 aliphatic carbocycles. The molecule has 1 rings (SSSR count). The number of thiophene rings is 1. The van der Waals surface area contributed by atoms with Gasteiger partial charge in [-0.15, -0.1) is 11.3 Å². The number of nitrogens with one attached hydrogen (secondary N) is 1. The SMILES string of the molecule is Cc1cc(CNC(=O)CC#N)cs1. The maximum Gasteiger partial charge on any atom is 0.234 e. The number of carbonyl (C=O) groups is 1. The monoisotopic (exact) mass is 194 g/mol. The van der Waals surface area contributed by atoms with Crippen molar-refractivity contribution in [2.75, 3.05) is 0 Å². The Morgan fingerprint density at radius 2 is 2.54 bits per heavy atom. The average Bonchev–Trinajstić information content (AvgIpc) is 2.49. The fourth-order valence-corrected chi connectivity index (χ4v) is 1.63. The number of aryl methyl sites for hydroxylation is 1. The molecule has 3 nitrogen and oxygen atoms in total. The molecule has 0 unspecified atom stereocenters. The summed E-state index contributed by atoms with van der Waals surface area (Å²) in [5.74, 6) is -0.216. The van der Waals surface area contributed by atoms with Gasteiger partial charge in [0.25, 0.3) is 0 Å². The van der Waals surface area contributed by atoms with E-state index in [1.54, 1.807) is 17.4 Å². The molecular formula is C9H10N2OS. The molecule has 1 aromatic rings. The fraction of sp³-hybridized carbons (Fsp3) is 0.333. The summed E-state index contributed by atoms with van der Waals surface area (Å²) in [7, 11) is 0. The van der Waals surface area contributed by atoms with E-state index in [4.69, 9.17) is 5.26 Å². The normalized spacial score (nSPS) is 9.23. The molecule has 0 atom stereocenters. The predicted molar refractivity (Wildman–Crippen MR) is 51.1 cm³/mol. The Kier molecular flexibility index (Phi) is 3.47. The molecule has 0 saturated carbocycles. The molecule has 0 saturated heterocycles. The Morgan fingerprint density at radius 1 is 1.77 bits per heavy atom. The van der Waals surface area contributed by atoms with E-state index in [2.05, 4.69) is 5.32 Å². The van der Waals surface area contributed by atoms with Gasteiger partial charge in [0, 0.05) is 11.4 Å². The number of rotatable bonds is 3. The lowest BCUT2D eigenvalue weighted by Gasteiger charge is -1.98. The van der Waals surface area contributed by atoms with Crippen molar-refractivity contribution in [1.82, 2.24) is 5.32 Å². The van der Waals surface area contributed by atoms with E-state index < -0.39 is 0 Å². The first-order valence-corrected chi connectivity index (χ1v) is 4.78. The molecule has 4 heteroatoms. The summed E-state index contributed by atoms with van der Waals surface area (Å²) in [6.45, 7) is 2.54. The van der Waals surface area contributed by atoms with Crippen molar-refractivity contribution in [1.29, 1.82) is 5.26 Å². The molecule has 1 amide bonds. The van der Waals surface area contributed by atoms with Gasteiger partial charge in [-0.1, -0.05) is 0 Å². The Morgan fingerprint density at radius 3 is 3.08 bits per heavy atom. The minimum atomic E-state index is -0.216. The van der Waals surface area contributed by atoms with Gasteiger partial charge in [-0.25, -0.2) is 0 Å². The van der Waals surface area contributed by atoms with Crippen LogP contribution < -0.4 is 5.32 Å². The van der Waals surface area contributed by atoms with Gasteiger partial charge in [0.1, 0.15) is 6.42 Å². The van der Waals surface area contributed by atoms with Crippen molar-refractivity contribution in [2.45, 2.75) is 19.9 Å². The maximum absolute atomic E-state index is 10.9. The highest BCUT2D eigenvalue weighted by molar-refractivity contribution is 7.10. The lowest BCUT2D eigenvalue weighted by Crippen LogP contribution is -2.21. The number of nitrogens with zero attached hydrogens (tertiary/aromatic N) is 1. The number of amides is 1. The van der Waals surface area contributed by atoms with E-state index in [0.29, 0.717) is 6.54 Å². The lowest BCUT2D eigenvalue weighted by molar-refractivity contribution is -0.120. The van der Waals surface area contributed by atoms with Crippen molar-refractivity contribution in [3.05, 3.63) is 21.9 Å². The van der Waals surface area contributed by atoms with Crippen LogP contribution in [0.4, 0.5) is 0 Å². The zero-order valence-electron chi connectivity index (χ0n) is 7.33. The van der Waals surface area contributed by atoms with Crippen LogP contribution in [0.3, 0.4) is 0 Å². The molecule has 0 radical (unpaired) electrons. The summed E-state index contributed by atoms with van der Waals surface area (Å²) >= 11 is 1.65. The predicted octanol–water partition coefficient (Wildman–Crippen LogP) is 1.59. The first kappa shape index (κ1) is 9.75. The van der Waals surface area contributed by atoms with Crippen LogP contribution >= 0.6 is 11.3 Å². The van der Waals surface area contributed by atoms with Crippen LogP contribution in [-0.4, -0.2) is 5.91 Å². The van der Waals surface area contributed by atoms with Crippen molar-refractivity contribution >= 4 is 17.2 Å². The zero-order valence-corrected chi connectivity index (χ0v) is 8.15. The van der Waals surface area contributed by atoms with Gasteiger partial charge in [0.15, 0.2) is 0 Å². The van der Waals surface area contributed by atoms with Crippen molar-refractivity contribution in [3.8, 4) is 6.07 Å². The van der Waals surface area contributed by atoms with Gasteiger partial charge in [0.05, 0.1) is 6.07 Å². The number of carbonyl (C=O) groups excluding carboxylic acids is 1. The highest BCUT2D eigenvalue weighted by atomic mass is 32.1. The van der Waals surface area contributed by atoms with Gasteiger partial charge in [0.2, 0.25) is 5.91 Å².